The molecule has 4 atom stereocenters. The summed E-state index contributed by atoms with van der Waals surface area (Å²) in [5, 5.41) is 33.8. The molecule has 0 amide bonds. The summed E-state index contributed by atoms with van der Waals surface area (Å²) in [5.41, 5.74) is 17.8. The summed E-state index contributed by atoms with van der Waals surface area (Å²) in [5.74, 6) is 0.225. The smallest absolute Gasteiger partial charge is 0.305 e. The van der Waals surface area contributed by atoms with Gasteiger partial charge in [-0.3, -0.25) is 4.79 Å². The lowest BCUT2D eigenvalue weighted by atomic mass is 9.62. The second-order valence-corrected chi connectivity index (χ2v) is 20.5. The van der Waals surface area contributed by atoms with E-state index in [1.165, 1.54) is 22.8 Å². The maximum absolute atomic E-state index is 13.0. The summed E-state index contributed by atoms with van der Waals surface area (Å²) in [4.78, 5) is 13.0. The van der Waals surface area contributed by atoms with E-state index in [1.54, 1.807) is 165 Å². The first-order valence-electron chi connectivity index (χ1n) is 22.0. The number of allylic oxidation sites excluding steroid dienone is 2. The van der Waals surface area contributed by atoms with Gasteiger partial charge in [-0.2, -0.15) is 0 Å². The summed E-state index contributed by atoms with van der Waals surface area (Å²) in [6.45, 7) is 0. The van der Waals surface area contributed by atoms with E-state index in [0.717, 1.165) is 38.5 Å². The van der Waals surface area contributed by atoms with Crippen molar-refractivity contribution in [3.8, 4) is 0 Å². The Kier molecular flexibility index (Phi) is 3.34. The molecule has 266 valence electrons. The molecule has 12 aromatic carbocycles. The van der Waals surface area contributed by atoms with E-state index in [-0.39, 0.29) is 22.2 Å². The van der Waals surface area contributed by atoms with Gasteiger partial charge in [0.15, 0.2) is 0 Å². The molecular weight excluding hydrogens is 705 g/mol. The molecule has 0 bridgehead atoms. The molecule has 0 N–H and O–H groups in total. The highest BCUT2D eigenvalue weighted by Gasteiger charge is 2.92. The van der Waals surface area contributed by atoms with Crippen LogP contribution in [0.1, 0.15) is 81.7 Å². The minimum atomic E-state index is -0.113. The molecule has 0 saturated heterocycles. The zero-order chi connectivity index (χ0) is 36.6. The highest BCUT2D eigenvalue weighted by molar-refractivity contribution is 6.60. The molecule has 12 aromatic rings. The SMILES string of the molecule is COC(=O)CCCC1(c2ccccc2)C23CCc4cc5c6c7c8c9c(c%10ccc%11cc%12c%13c%14c%15c%16c%17c%18c(c2c4c5c%18c7c%17c9c2c%10c%11c%13c%162)C%15C13C=C%14C%12)CC=8C6. The standard InChI is InChI=1S/C56H30O2/c1-58-30(57)8-5-12-54(25-6-3-2-4-7-25)55-13-11-21-16-28-29-18-23-17-27-26-10-9-20-14-22-15-24-19-56(54,55)53-50-34(24)32(22)40-31(20)36(26)41-42-37(27)33(23)38(29)43-44-39(28)35(21)52(55)51(53)49(44)47(46(42)43)48(50)45(40)41/h2-4,6-7,9-10,14,16,19,53H,5,8,11-13,15,17-18H2,1H3. The van der Waals surface area contributed by atoms with E-state index in [4.69, 9.17) is 4.74 Å². The zero-order valence-corrected chi connectivity index (χ0v) is 31.8. The van der Waals surface area contributed by atoms with Crippen LogP contribution < -0.4 is 5.22 Å². The van der Waals surface area contributed by atoms with Crippen molar-refractivity contribution in [3.63, 3.8) is 0 Å². The van der Waals surface area contributed by atoms with Crippen LogP contribution in [-0.4, -0.2) is 13.1 Å². The summed E-state index contributed by atoms with van der Waals surface area (Å²) >= 11 is 0. The highest BCUT2D eigenvalue weighted by atomic mass is 16.5. The fraction of sp³-hybridized carbons (Fsp3) is 0.232. The molecule has 0 heterocycles. The van der Waals surface area contributed by atoms with Crippen LogP contribution in [-0.2, 0) is 46.0 Å². The predicted molar refractivity (Wildman–Crippen MR) is 235 cm³/mol. The summed E-state index contributed by atoms with van der Waals surface area (Å²) < 4.78 is 5.32. The average molecular weight is 735 g/mol. The van der Waals surface area contributed by atoms with Crippen LogP contribution in [0.2, 0.25) is 0 Å². The van der Waals surface area contributed by atoms with E-state index >= 15 is 0 Å². The summed E-state index contributed by atoms with van der Waals surface area (Å²) in [6, 6.07) is 22.1. The number of carbonyl (C=O) groups excluding carboxylic acids is 1. The lowest BCUT2D eigenvalue weighted by molar-refractivity contribution is -0.140. The zero-order valence-electron chi connectivity index (χ0n) is 31.8. The van der Waals surface area contributed by atoms with Gasteiger partial charge < -0.3 is 4.74 Å². The molecular formula is C56H30O2. The Morgan fingerprint density at radius 1 is 0.690 bits per heavy atom. The monoisotopic (exact) mass is 734 g/mol. The molecule has 0 radical (unpaired) electrons. The van der Waals surface area contributed by atoms with Crippen LogP contribution in [0.3, 0.4) is 0 Å². The largest absolute Gasteiger partial charge is 0.469 e. The number of hydrogen-bond donors (Lipinski definition) is 0. The first-order chi connectivity index (χ1) is 28.6. The molecule has 0 aliphatic heterocycles. The topological polar surface area (TPSA) is 26.3 Å². The Morgan fingerprint density at radius 3 is 2.28 bits per heavy atom. The number of methoxy groups -OCH3 is 1. The molecule has 2 nitrogen and oxygen atoms in total. The Balaban J connectivity index is 1.13. The molecule has 4 unspecified atom stereocenters. The van der Waals surface area contributed by atoms with Crippen LogP contribution in [0.25, 0.3) is 119 Å². The summed E-state index contributed by atoms with van der Waals surface area (Å²) in [7, 11) is 1.56. The van der Waals surface area contributed by atoms with Crippen LogP contribution in [0.4, 0.5) is 0 Å². The van der Waals surface area contributed by atoms with Crippen LogP contribution >= 0.6 is 0 Å². The summed E-state index contributed by atoms with van der Waals surface area (Å²) in [6.07, 6.45) is 10.8. The minimum Gasteiger partial charge on any atom is -0.469 e. The Hall–Kier alpha value is -5.99. The van der Waals surface area contributed by atoms with Gasteiger partial charge in [0.1, 0.15) is 0 Å². The van der Waals surface area contributed by atoms with Gasteiger partial charge in [-0.1, -0.05) is 66.2 Å². The fourth-order valence-corrected chi connectivity index (χ4v) is 18.8. The number of fused-ring (bicyclic) bond motifs is 2. The maximum atomic E-state index is 13.0. The predicted octanol–water partition coefficient (Wildman–Crippen LogP) is 11.7. The molecule has 1 fully saturated rings. The first kappa shape index (κ1) is 26.8. The molecule has 20 rings (SSSR count). The van der Waals surface area contributed by atoms with E-state index in [2.05, 4.69) is 60.7 Å². The molecule has 0 aromatic heterocycles. The van der Waals surface area contributed by atoms with E-state index in [1.807, 2.05) is 0 Å². The quantitative estimate of drug-likeness (QED) is 0.1000. The van der Waals surface area contributed by atoms with Gasteiger partial charge in [-0.05, 0) is 214 Å². The van der Waals surface area contributed by atoms with Crippen molar-refractivity contribution < 1.29 is 9.53 Å². The lowest BCUT2D eigenvalue weighted by Crippen LogP contribution is -2.31. The van der Waals surface area contributed by atoms with E-state index in [0.29, 0.717) is 12.3 Å². The van der Waals surface area contributed by atoms with Crippen molar-refractivity contribution in [1.82, 2.24) is 0 Å². The molecule has 8 aliphatic carbocycles. The van der Waals surface area contributed by atoms with Crippen molar-refractivity contribution in [1.29, 1.82) is 0 Å². The normalized spacial score (nSPS) is 27.1. The third-order valence-corrected chi connectivity index (χ3v) is 19.6. The minimum absolute atomic E-state index is 0.0371. The second kappa shape index (κ2) is 7.21. The molecule has 8 aliphatic rings. The molecule has 1 saturated carbocycles. The van der Waals surface area contributed by atoms with Crippen LogP contribution in [0.15, 0.2) is 60.7 Å². The average Bonchev–Trinajstić information content (AvgIpc) is 4.04. The van der Waals surface area contributed by atoms with Crippen molar-refractivity contribution in [2.75, 3.05) is 7.11 Å². The number of hydrogen-bond acceptors (Lipinski definition) is 2. The third kappa shape index (κ3) is 1.92. The number of ether oxygens (including phenoxy) is 1. The fourth-order valence-electron chi connectivity index (χ4n) is 18.8. The second-order valence-electron chi connectivity index (χ2n) is 20.5. The number of rotatable bonds is 5. The van der Waals surface area contributed by atoms with Gasteiger partial charge in [-0.25, -0.2) is 0 Å². The molecule has 2 heteroatoms. The molecule has 2 spiro atoms. The van der Waals surface area contributed by atoms with Crippen LogP contribution in [0.5, 0.6) is 0 Å². The number of benzene rings is 9. The van der Waals surface area contributed by atoms with Crippen molar-refractivity contribution in [2.24, 2.45) is 5.41 Å². The number of esters is 1. The number of aryl methyl sites for hydroxylation is 1. The first-order valence-corrected chi connectivity index (χ1v) is 22.0. The van der Waals surface area contributed by atoms with Gasteiger partial charge in [0.05, 0.1) is 7.11 Å². The van der Waals surface area contributed by atoms with Gasteiger partial charge >= 0.3 is 5.97 Å². The Bertz CT molecular complexity index is 4310. The van der Waals surface area contributed by atoms with E-state index < -0.39 is 0 Å². The van der Waals surface area contributed by atoms with Crippen molar-refractivity contribution >= 4 is 125 Å². The van der Waals surface area contributed by atoms with Crippen molar-refractivity contribution in [2.45, 2.75) is 68.1 Å². The highest BCUT2D eigenvalue weighted by Crippen LogP contribution is 2.95. The maximum Gasteiger partial charge on any atom is 0.305 e. The van der Waals surface area contributed by atoms with E-state index in [9.17, 15) is 4.79 Å². The Morgan fingerprint density at radius 2 is 1.41 bits per heavy atom. The van der Waals surface area contributed by atoms with Gasteiger partial charge in [0.2, 0.25) is 0 Å². The lowest BCUT2D eigenvalue weighted by Gasteiger charge is -2.40. The van der Waals surface area contributed by atoms with Gasteiger partial charge in [-0.15, -0.1) is 0 Å². The number of carbonyl (C=O) groups is 1. The van der Waals surface area contributed by atoms with Gasteiger partial charge in [0.25, 0.3) is 0 Å². The third-order valence-electron chi connectivity index (χ3n) is 19.6. The Labute approximate surface area is 329 Å². The van der Waals surface area contributed by atoms with Crippen molar-refractivity contribution in [3.05, 3.63) is 116 Å². The molecule has 58 heavy (non-hydrogen) atoms. The van der Waals surface area contributed by atoms with Gasteiger partial charge in [0, 0.05) is 28.6 Å². The van der Waals surface area contributed by atoms with Crippen LogP contribution in [0, 0.1) is 5.41 Å².